The second-order valence-electron chi connectivity index (χ2n) is 2.96. The van der Waals surface area contributed by atoms with E-state index in [9.17, 15) is 4.79 Å². The Morgan fingerprint density at radius 2 is 2.14 bits per heavy atom. The van der Waals surface area contributed by atoms with E-state index in [1.807, 2.05) is 0 Å². The van der Waals surface area contributed by atoms with Gasteiger partial charge in [0.1, 0.15) is 0 Å². The Morgan fingerprint density at radius 1 is 1.50 bits per heavy atom. The minimum atomic E-state index is -1.06. The molecular formula is C9H13N3O2. The number of hydrogen-bond acceptors (Lipinski definition) is 4. The molecule has 0 bridgehead atoms. The average Bonchev–Trinajstić information content (AvgIpc) is 2.16. The SMILES string of the molecule is NC[C@H](N)c1cccc(C(=O)O)c1N. The first kappa shape index (κ1) is 10.5. The summed E-state index contributed by atoms with van der Waals surface area (Å²) in [6.45, 7) is 0.229. The van der Waals surface area contributed by atoms with E-state index in [0.29, 0.717) is 5.56 Å². The Balaban J connectivity index is 3.20. The van der Waals surface area contributed by atoms with Crippen molar-refractivity contribution < 1.29 is 9.90 Å². The van der Waals surface area contributed by atoms with E-state index in [2.05, 4.69) is 0 Å². The lowest BCUT2D eigenvalue weighted by atomic mass is 10.0. The van der Waals surface area contributed by atoms with Crippen LogP contribution >= 0.6 is 0 Å². The first-order chi connectivity index (χ1) is 6.57. The van der Waals surface area contributed by atoms with E-state index in [4.69, 9.17) is 22.3 Å². The van der Waals surface area contributed by atoms with Crippen molar-refractivity contribution in [1.82, 2.24) is 0 Å². The summed E-state index contributed by atoms with van der Waals surface area (Å²) in [6, 6.07) is 4.29. The maximum atomic E-state index is 10.7. The molecule has 14 heavy (non-hydrogen) atoms. The summed E-state index contributed by atoms with van der Waals surface area (Å²) < 4.78 is 0. The molecule has 0 saturated heterocycles. The lowest BCUT2D eigenvalue weighted by molar-refractivity contribution is 0.0698. The molecule has 0 fully saturated rings. The second kappa shape index (κ2) is 4.08. The number of aromatic carboxylic acids is 1. The van der Waals surface area contributed by atoms with Crippen molar-refractivity contribution in [1.29, 1.82) is 0 Å². The zero-order valence-electron chi connectivity index (χ0n) is 7.60. The zero-order valence-corrected chi connectivity index (χ0v) is 7.60. The van der Waals surface area contributed by atoms with Crippen molar-refractivity contribution in [3.63, 3.8) is 0 Å². The van der Waals surface area contributed by atoms with Gasteiger partial charge in [0.15, 0.2) is 0 Å². The Kier molecular flexibility index (Phi) is 3.06. The van der Waals surface area contributed by atoms with Crippen LogP contribution in [0, 0.1) is 0 Å². The fraction of sp³-hybridized carbons (Fsp3) is 0.222. The summed E-state index contributed by atoms with van der Waals surface area (Å²) in [7, 11) is 0. The van der Waals surface area contributed by atoms with Gasteiger partial charge in [-0.3, -0.25) is 0 Å². The molecule has 0 aliphatic rings. The van der Waals surface area contributed by atoms with Crippen molar-refractivity contribution in [3.8, 4) is 0 Å². The number of carbonyl (C=O) groups is 1. The van der Waals surface area contributed by atoms with Crippen LogP contribution in [0.5, 0.6) is 0 Å². The van der Waals surface area contributed by atoms with Crippen LogP contribution in [0.2, 0.25) is 0 Å². The fourth-order valence-electron chi connectivity index (χ4n) is 1.22. The fourth-order valence-corrected chi connectivity index (χ4v) is 1.22. The number of carboxylic acid groups (broad SMARTS) is 1. The predicted molar refractivity (Wildman–Crippen MR) is 53.8 cm³/mol. The van der Waals surface area contributed by atoms with E-state index in [1.54, 1.807) is 12.1 Å². The number of nitrogen functional groups attached to an aromatic ring is 1. The number of para-hydroxylation sites is 1. The van der Waals surface area contributed by atoms with Gasteiger partial charge in [0.2, 0.25) is 0 Å². The van der Waals surface area contributed by atoms with Crippen molar-refractivity contribution >= 4 is 11.7 Å². The number of nitrogens with two attached hydrogens (primary N) is 3. The van der Waals surface area contributed by atoms with Gasteiger partial charge in [0, 0.05) is 12.6 Å². The average molecular weight is 195 g/mol. The molecule has 0 aliphatic carbocycles. The van der Waals surface area contributed by atoms with Gasteiger partial charge >= 0.3 is 5.97 Å². The molecule has 5 nitrogen and oxygen atoms in total. The lowest BCUT2D eigenvalue weighted by Crippen LogP contribution is -2.22. The third-order valence-electron chi connectivity index (χ3n) is 2.02. The van der Waals surface area contributed by atoms with Gasteiger partial charge in [-0.1, -0.05) is 12.1 Å². The molecule has 0 saturated carbocycles. The highest BCUT2D eigenvalue weighted by Crippen LogP contribution is 2.21. The van der Waals surface area contributed by atoms with Gasteiger partial charge in [0.05, 0.1) is 11.3 Å². The van der Waals surface area contributed by atoms with Gasteiger partial charge in [-0.15, -0.1) is 0 Å². The number of benzene rings is 1. The zero-order chi connectivity index (χ0) is 10.7. The van der Waals surface area contributed by atoms with E-state index in [1.165, 1.54) is 6.07 Å². The molecule has 1 aromatic carbocycles. The summed E-state index contributed by atoms with van der Waals surface area (Å²) in [5.74, 6) is -1.06. The van der Waals surface area contributed by atoms with Crippen LogP contribution in [0.15, 0.2) is 18.2 Å². The maximum Gasteiger partial charge on any atom is 0.337 e. The topological polar surface area (TPSA) is 115 Å². The summed E-state index contributed by atoms with van der Waals surface area (Å²) in [5.41, 5.74) is 17.5. The molecule has 0 spiro atoms. The van der Waals surface area contributed by atoms with Crippen LogP contribution in [0.25, 0.3) is 0 Å². The second-order valence-corrected chi connectivity index (χ2v) is 2.96. The minimum Gasteiger partial charge on any atom is -0.478 e. The molecule has 0 aromatic heterocycles. The van der Waals surface area contributed by atoms with Crippen LogP contribution in [0.4, 0.5) is 5.69 Å². The van der Waals surface area contributed by atoms with Crippen LogP contribution in [0.1, 0.15) is 22.0 Å². The predicted octanol–water partition coefficient (Wildman–Crippen LogP) is -0.0745. The summed E-state index contributed by atoms with van der Waals surface area (Å²) in [6.07, 6.45) is 0. The smallest absolute Gasteiger partial charge is 0.337 e. The molecular weight excluding hydrogens is 182 g/mol. The number of carboxylic acids is 1. The lowest BCUT2D eigenvalue weighted by Gasteiger charge is -2.13. The van der Waals surface area contributed by atoms with Crippen LogP contribution in [-0.4, -0.2) is 17.6 Å². The Morgan fingerprint density at radius 3 is 2.64 bits per heavy atom. The van der Waals surface area contributed by atoms with Crippen molar-refractivity contribution in [2.24, 2.45) is 11.5 Å². The molecule has 0 unspecified atom stereocenters. The summed E-state index contributed by atoms with van der Waals surface area (Å²) >= 11 is 0. The highest BCUT2D eigenvalue weighted by molar-refractivity contribution is 5.94. The van der Waals surface area contributed by atoms with Gasteiger partial charge < -0.3 is 22.3 Å². The first-order valence-corrected chi connectivity index (χ1v) is 4.15. The standard InChI is InChI=1S/C9H13N3O2/c10-4-7(11)5-2-1-3-6(8(5)12)9(13)14/h1-3,7H,4,10-12H2,(H,13,14)/t7-/m0/s1. The Hall–Kier alpha value is -1.59. The molecule has 1 aromatic rings. The quantitative estimate of drug-likeness (QED) is 0.504. The maximum absolute atomic E-state index is 10.7. The Bertz CT molecular complexity index is 352. The van der Waals surface area contributed by atoms with Crippen LogP contribution in [-0.2, 0) is 0 Å². The van der Waals surface area contributed by atoms with Gasteiger partial charge in [-0.25, -0.2) is 4.79 Å². The number of hydrogen-bond donors (Lipinski definition) is 4. The molecule has 1 atom stereocenters. The first-order valence-electron chi connectivity index (χ1n) is 4.15. The summed E-state index contributed by atoms with van der Waals surface area (Å²) in [4.78, 5) is 10.7. The van der Waals surface area contributed by atoms with Crippen molar-refractivity contribution in [3.05, 3.63) is 29.3 Å². The third-order valence-corrected chi connectivity index (χ3v) is 2.02. The van der Waals surface area contributed by atoms with E-state index >= 15 is 0 Å². The molecule has 1 rings (SSSR count). The van der Waals surface area contributed by atoms with E-state index < -0.39 is 12.0 Å². The molecule has 76 valence electrons. The van der Waals surface area contributed by atoms with Crippen LogP contribution in [0.3, 0.4) is 0 Å². The monoisotopic (exact) mass is 195 g/mol. The molecule has 5 heteroatoms. The van der Waals surface area contributed by atoms with E-state index in [0.717, 1.165) is 0 Å². The van der Waals surface area contributed by atoms with Gasteiger partial charge in [-0.2, -0.15) is 0 Å². The van der Waals surface area contributed by atoms with Gasteiger partial charge in [-0.05, 0) is 11.6 Å². The highest BCUT2D eigenvalue weighted by atomic mass is 16.4. The minimum absolute atomic E-state index is 0.0615. The van der Waals surface area contributed by atoms with Crippen LogP contribution < -0.4 is 17.2 Å². The van der Waals surface area contributed by atoms with Crippen molar-refractivity contribution in [2.75, 3.05) is 12.3 Å². The highest BCUT2D eigenvalue weighted by Gasteiger charge is 2.14. The van der Waals surface area contributed by atoms with E-state index in [-0.39, 0.29) is 17.8 Å². The molecule has 0 amide bonds. The van der Waals surface area contributed by atoms with Gasteiger partial charge in [0.25, 0.3) is 0 Å². The molecule has 0 aliphatic heterocycles. The molecule has 0 heterocycles. The number of anilines is 1. The Labute approximate surface area is 81.5 Å². The molecule has 7 N–H and O–H groups in total. The normalized spacial score (nSPS) is 12.4. The third kappa shape index (κ3) is 1.84. The summed E-state index contributed by atoms with van der Waals surface area (Å²) in [5, 5.41) is 8.79. The number of rotatable bonds is 3. The molecule has 0 radical (unpaired) electrons. The largest absolute Gasteiger partial charge is 0.478 e. The van der Waals surface area contributed by atoms with Crippen molar-refractivity contribution in [2.45, 2.75) is 6.04 Å².